The number of halogens is 2. The molecule has 0 aliphatic carbocycles. The molecule has 3 nitrogen and oxygen atoms in total. The van der Waals surface area contributed by atoms with Gasteiger partial charge in [-0.3, -0.25) is 4.79 Å². The summed E-state index contributed by atoms with van der Waals surface area (Å²) in [5.74, 6) is -0.526. The zero-order valence-electron chi connectivity index (χ0n) is 9.78. The summed E-state index contributed by atoms with van der Waals surface area (Å²) in [4.78, 5) is 11.9. The molecule has 94 valence electrons. The maximum Gasteiger partial charge on any atom is 0.252 e. The Kier molecular flexibility index (Phi) is 4.00. The molecule has 0 saturated heterocycles. The van der Waals surface area contributed by atoms with Gasteiger partial charge in [-0.2, -0.15) is 0 Å². The molecule has 2 rings (SSSR count). The number of aromatic nitrogens is 1. The van der Waals surface area contributed by atoms with Crippen LogP contribution in [0.3, 0.4) is 0 Å². The van der Waals surface area contributed by atoms with Crippen molar-refractivity contribution in [3.05, 3.63) is 57.2 Å². The molecule has 0 unspecified atom stereocenters. The quantitative estimate of drug-likeness (QED) is 0.842. The van der Waals surface area contributed by atoms with Crippen LogP contribution in [0.2, 0.25) is 0 Å². The van der Waals surface area contributed by atoms with E-state index < -0.39 is 0 Å². The normalized spacial score (nSPS) is 10.4. The summed E-state index contributed by atoms with van der Waals surface area (Å²) in [6.45, 7) is 0.465. The largest absolute Gasteiger partial charge is 0.357 e. The molecular weight excluding hydrogens is 346 g/mol. The van der Waals surface area contributed by atoms with Crippen LogP contribution >= 0.6 is 22.6 Å². The lowest BCUT2D eigenvalue weighted by Gasteiger charge is -2.06. The van der Waals surface area contributed by atoms with Gasteiger partial charge >= 0.3 is 0 Å². The van der Waals surface area contributed by atoms with Gasteiger partial charge in [0.25, 0.3) is 5.91 Å². The Bertz CT molecular complexity index is 580. The summed E-state index contributed by atoms with van der Waals surface area (Å²) >= 11 is 1.95. The molecule has 0 saturated carbocycles. The number of carbonyl (C=O) groups is 1. The van der Waals surface area contributed by atoms with Gasteiger partial charge < -0.3 is 9.88 Å². The Morgan fingerprint density at radius 2 is 2.22 bits per heavy atom. The lowest BCUT2D eigenvalue weighted by atomic mass is 10.2. The van der Waals surface area contributed by atoms with Crippen LogP contribution in [0.5, 0.6) is 0 Å². The zero-order valence-corrected chi connectivity index (χ0v) is 11.9. The molecule has 0 fully saturated rings. The molecule has 0 bridgehead atoms. The lowest BCUT2D eigenvalue weighted by molar-refractivity contribution is 0.0950. The summed E-state index contributed by atoms with van der Waals surface area (Å²) in [6.07, 6.45) is 3.86. The van der Waals surface area contributed by atoms with Crippen molar-refractivity contribution < 1.29 is 9.18 Å². The molecule has 2 aromatic rings. The monoisotopic (exact) mass is 358 g/mol. The summed E-state index contributed by atoms with van der Waals surface area (Å²) in [5.41, 5.74) is 1.52. The van der Waals surface area contributed by atoms with Gasteiger partial charge in [-0.15, -0.1) is 0 Å². The minimum Gasteiger partial charge on any atom is -0.357 e. The van der Waals surface area contributed by atoms with Crippen LogP contribution in [0.15, 0.2) is 36.7 Å². The third-order valence-electron chi connectivity index (χ3n) is 2.52. The van der Waals surface area contributed by atoms with E-state index in [1.807, 2.05) is 52.7 Å². The molecule has 1 heterocycles. The highest BCUT2D eigenvalue weighted by Crippen LogP contribution is 2.14. The summed E-state index contributed by atoms with van der Waals surface area (Å²) < 4.78 is 15.5. The highest BCUT2D eigenvalue weighted by Gasteiger charge is 2.10. The molecule has 1 aromatic carbocycles. The maximum atomic E-state index is 12.9. The smallest absolute Gasteiger partial charge is 0.252 e. The molecule has 0 aliphatic rings. The van der Waals surface area contributed by atoms with E-state index >= 15 is 0 Å². The van der Waals surface area contributed by atoms with Crippen LogP contribution < -0.4 is 5.32 Å². The van der Waals surface area contributed by atoms with Gasteiger partial charge in [0.1, 0.15) is 5.82 Å². The molecule has 0 aliphatic heterocycles. The van der Waals surface area contributed by atoms with Crippen molar-refractivity contribution in [1.29, 1.82) is 0 Å². The summed E-state index contributed by atoms with van der Waals surface area (Å²) in [6, 6.07) is 6.07. The predicted octanol–water partition coefficient (Wildman–Crippen LogP) is 2.70. The molecule has 0 spiro atoms. The van der Waals surface area contributed by atoms with Gasteiger partial charge in [0.05, 0.1) is 5.56 Å². The molecule has 0 radical (unpaired) electrons. The number of aryl methyl sites for hydroxylation is 1. The van der Waals surface area contributed by atoms with Gasteiger partial charge in [0.15, 0.2) is 0 Å². The van der Waals surface area contributed by atoms with Crippen LogP contribution in [0.4, 0.5) is 4.39 Å². The van der Waals surface area contributed by atoms with E-state index in [0.717, 1.165) is 5.56 Å². The first-order valence-corrected chi connectivity index (χ1v) is 6.48. The summed E-state index contributed by atoms with van der Waals surface area (Å²) in [5, 5.41) is 2.81. The molecular formula is C13H12FIN2O. The molecule has 1 aromatic heterocycles. The van der Waals surface area contributed by atoms with Crippen molar-refractivity contribution in [2.75, 3.05) is 0 Å². The number of hydrogen-bond acceptors (Lipinski definition) is 1. The fourth-order valence-corrected chi connectivity index (χ4v) is 2.34. The van der Waals surface area contributed by atoms with Crippen molar-refractivity contribution in [2.45, 2.75) is 6.54 Å². The van der Waals surface area contributed by atoms with Crippen LogP contribution in [-0.2, 0) is 13.6 Å². The number of rotatable bonds is 3. The van der Waals surface area contributed by atoms with Gasteiger partial charge in [-0.25, -0.2) is 4.39 Å². The highest BCUT2D eigenvalue weighted by atomic mass is 127. The van der Waals surface area contributed by atoms with E-state index in [2.05, 4.69) is 5.32 Å². The molecule has 18 heavy (non-hydrogen) atoms. The Balaban J connectivity index is 2.03. The third-order valence-corrected chi connectivity index (χ3v) is 3.41. The minimum absolute atomic E-state index is 0.191. The molecule has 0 atom stereocenters. The van der Waals surface area contributed by atoms with Crippen LogP contribution in [0.1, 0.15) is 15.9 Å². The second-order valence-corrected chi connectivity index (χ2v) is 5.15. The number of amides is 1. The van der Waals surface area contributed by atoms with Crippen LogP contribution in [-0.4, -0.2) is 10.5 Å². The van der Waals surface area contributed by atoms with Crippen molar-refractivity contribution >= 4 is 28.5 Å². The number of nitrogens with zero attached hydrogens (tertiary/aromatic N) is 1. The minimum atomic E-state index is -0.334. The van der Waals surface area contributed by atoms with Gasteiger partial charge in [0, 0.05) is 29.6 Å². The van der Waals surface area contributed by atoms with Crippen LogP contribution in [0, 0.1) is 9.39 Å². The van der Waals surface area contributed by atoms with Crippen molar-refractivity contribution in [3.8, 4) is 0 Å². The fraction of sp³-hybridized carbons (Fsp3) is 0.154. The van der Waals surface area contributed by atoms with E-state index in [-0.39, 0.29) is 11.7 Å². The maximum absolute atomic E-state index is 12.9. The third kappa shape index (κ3) is 3.10. The average Bonchev–Trinajstić information content (AvgIpc) is 2.72. The van der Waals surface area contributed by atoms with Crippen LogP contribution in [0.25, 0.3) is 0 Å². The van der Waals surface area contributed by atoms with E-state index in [4.69, 9.17) is 0 Å². The first kappa shape index (κ1) is 13.1. The highest BCUT2D eigenvalue weighted by molar-refractivity contribution is 14.1. The van der Waals surface area contributed by atoms with Crippen molar-refractivity contribution in [2.24, 2.45) is 7.05 Å². The Labute approximate surface area is 118 Å². The zero-order chi connectivity index (χ0) is 13.1. The molecule has 1 amide bonds. The average molecular weight is 358 g/mol. The Morgan fingerprint density at radius 1 is 1.44 bits per heavy atom. The first-order chi connectivity index (χ1) is 8.56. The van der Waals surface area contributed by atoms with Crippen molar-refractivity contribution in [1.82, 2.24) is 9.88 Å². The van der Waals surface area contributed by atoms with Gasteiger partial charge in [-0.05, 0) is 52.4 Å². The van der Waals surface area contributed by atoms with E-state index in [9.17, 15) is 9.18 Å². The molecule has 5 heteroatoms. The SMILES string of the molecule is Cn1ccc(CNC(=O)c2ccc(F)cc2I)c1. The second-order valence-electron chi connectivity index (χ2n) is 3.99. The lowest BCUT2D eigenvalue weighted by Crippen LogP contribution is -2.23. The number of nitrogens with one attached hydrogen (secondary N) is 1. The Morgan fingerprint density at radius 3 is 2.83 bits per heavy atom. The topological polar surface area (TPSA) is 34.0 Å². The number of benzene rings is 1. The predicted molar refractivity (Wildman–Crippen MR) is 75.7 cm³/mol. The van der Waals surface area contributed by atoms with E-state index in [0.29, 0.717) is 15.7 Å². The van der Waals surface area contributed by atoms with E-state index in [1.165, 1.54) is 18.2 Å². The standard InChI is InChI=1S/C13H12FIN2O/c1-17-5-4-9(8-17)7-16-13(18)11-3-2-10(14)6-12(11)15/h2-6,8H,7H2,1H3,(H,16,18). The fourth-order valence-electron chi connectivity index (χ4n) is 1.62. The number of hydrogen-bond donors (Lipinski definition) is 1. The van der Waals surface area contributed by atoms with Gasteiger partial charge in [-0.1, -0.05) is 0 Å². The summed E-state index contributed by atoms with van der Waals surface area (Å²) in [7, 11) is 1.92. The number of carbonyl (C=O) groups excluding carboxylic acids is 1. The van der Waals surface area contributed by atoms with Gasteiger partial charge in [0.2, 0.25) is 0 Å². The second kappa shape index (κ2) is 5.51. The molecule has 1 N–H and O–H groups in total. The first-order valence-electron chi connectivity index (χ1n) is 5.40. The Hall–Kier alpha value is -1.37. The van der Waals surface area contributed by atoms with Crippen molar-refractivity contribution in [3.63, 3.8) is 0 Å². The van der Waals surface area contributed by atoms with E-state index in [1.54, 1.807) is 0 Å².